The molecule has 1 aliphatic heterocycles. The third-order valence-corrected chi connectivity index (χ3v) is 5.39. The van der Waals surface area contributed by atoms with E-state index in [0.717, 1.165) is 16.9 Å². The van der Waals surface area contributed by atoms with Crippen LogP contribution in [0.1, 0.15) is 39.1 Å². The maximum atomic E-state index is 14.2. The van der Waals surface area contributed by atoms with Gasteiger partial charge in [-0.3, -0.25) is 0 Å². The van der Waals surface area contributed by atoms with E-state index in [1.165, 1.54) is 6.92 Å². The third kappa shape index (κ3) is 3.74. The molecule has 3 aromatic rings. The predicted octanol–water partition coefficient (Wildman–Crippen LogP) is 3.15. The van der Waals surface area contributed by atoms with E-state index >= 15 is 0 Å². The number of hydrogen-bond acceptors (Lipinski definition) is 7. The monoisotopic (exact) mass is 399 g/mol. The van der Waals surface area contributed by atoms with Crippen molar-refractivity contribution < 1.29 is 9.50 Å². The van der Waals surface area contributed by atoms with Gasteiger partial charge in [-0.05, 0) is 40.2 Å². The first kappa shape index (κ1) is 19.5. The first-order chi connectivity index (χ1) is 13.7. The van der Waals surface area contributed by atoms with Crippen molar-refractivity contribution in [1.29, 1.82) is 0 Å². The number of fused-ring (bicyclic) bond motifs is 1. The Morgan fingerprint density at radius 2 is 2.07 bits per heavy atom. The van der Waals surface area contributed by atoms with Crippen molar-refractivity contribution in [2.75, 3.05) is 23.3 Å². The minimum Gasteiger partial charge on any atom is -0.387 e. The third-order valence-electron chi connectivity index (χ3n) is 5.39. The molecule has 0 unspecified atom stereocenters. The average molecular weight is 399 g/mol. The molecule has 1 saturated heterocycles. The first-order valence-electron chi connectivity index (χ1n) is 9.80. The van der Waals surface area contributed by atoms with Crippen LogP contribution in [0, 0.1) is 6.92 Å². The zero-order valence-electron chi connectivity index (χ0n) is 17.1. The van der Waals surface area contributed by atoms with Crippen LogP contribution in [0.5, 0.6) is 0 Å². The molecule has 29 heavy (non-hydrogen) atoms. The number of pyridine rings is 1. The van der Waals surface area contributed by atoms with Gasteiger partial charge in [-0.2, -0.15) is 4.98 Å². The molecule has 0 saturated carbocycles. The molecule has 9 heteroatoms. The van der Waals surface area contributed by atoms with Gasteiger partial charge in [0.05, 0.1) is 23.9 Å². The molecule has 1 aliphatic rings. The van der Waals surface area contributed by atoms with Crippen molar-refractivity contribution in [2.24, 2.45) is 0 Å². The summed E-state index contributed by atoms with van der Waals surface area (Å²) in [6.07, 6.45) is 2.35. The maximum Gasteiger partial charge on any atom is 0.227 e. The van der Waals surface area contributed by atoms with Crippen LogP contribution >= 0.6 is 0 Å². The molecule has 4 rings (SSSR count). The number of aromatic nitrogens is 5. The van der Waals surface area contributed by atoms with Crippen molar-refractivity contribution in [1.82, 2.24) is 24.5 Å². The smallest absolute Gasteiger partial charge is 0.227 e. The fourth-order valence-corrected chi connectivity index (χ4v) is 3.72. The van der Waals surface area contributed by atoms with Crippen LogP contribution in [-0.2, 0) is 0 Å². The van der Waals surface area contributed by atoms with Crippen molar-refractivity contribution in [3.63, 3.8) is 0 Å². The summed E-state index contributed by atoms with van der Waals surface area (Å²) in [5.41, 5.74) is 0.547. The van der Waals surface area contributed by atoms with E-state index < -0.39 is 11.8 Å². The number of nitrogens with zero attached hydrogens (tertiary/aromatic N) is 6. The van der Waals surface area contributed by atoms with E-state index in [1.807, 2.05) is 13.0 Å². The lowest BCUT2D eigenvalue weighted by Crippen LogP contribution is -2.52. The lowest BCUT2D eigenvalue weighted by atomic mass is 9.92. The number of halogens is 1. The topological polar surface area (TPSA) is 92.0 Å². The molecule has 0 spiro atoms. The van der Waals surface area contributed by atoms with Crippen molar-refractivity contribution in [3.8, 4) is 0 Å². The maximum absolute atomic E-state index is 14.2. The second-order valence-corrected chi connectivity index (χ2v) is 8.07. The molecule has 0 radical (unpaired) electrons. The lowest BCUT2D eigenvalue weighted by Gasteiger charge is -2.38. The van der Waals surface area contributed by atoms with E-state index in [4.69, 9.17) is 0 Å². The van der Waals surface area contributed by atoms with Crippen LogP contribution in [0.15, 0.2) is 24.5 Å². The van der Waals surface area contributed by atoms with E-state index in [9.17, 15) is 9.50 Å². The Morgan fingerprint density at radius 1 is 1.28 bits per heavy atom. The average Bonchev–Trinajstić information content (AvgIpc) is 2.99. The Hall–Kier alpha value is -2.81. The Kier molecular flexibility index (Phi) is 4.85. The van der Waals surface area contributed by atoms with Crippen LogP contribution in [-0.4, -0.2) is 54.5 Å². The molecule has 0 aromatic carbocycles. The summed E-state index contributed by atoms with van der Waals surface area (Å²) in [6, 6.07) is 3.98. The van der Waals surface area contributed by atoms with Crippen LogP contribution in [0.3, 0.4) is 0 Å². The first-order valence-corrected chi connectivity index (χ1v) is 9.80. The zero-order chi connectivity index (χ0) is 20.8. The molecule has 1 fully saturated rings. The summed E-state index contributed by atoms with van der Waals surface area (Å²) in [6.45, 7) is 8.30. The standard InChI is InChI=1S/C20H26FN7O/c1-12(2)28-13(3)24-14-10-23-18(9-15(14)28)25-17-5-7-22-19(26-17)27-8-6-20(4,29)16(21)11-27/h5,7,9-10,12,16,29H,6,8,11H2,1-4H3,(H,22,23,25,26)/t16-,20-/m1/s1. The highest BCUT2D eigenvalue weighted by Crippen LogP contribution is 2.28. The van der Waals surface area contributed by atoms with Gasteiger partial charge in [-0.15, -0.1) is 0 Å². The number of hydrogen-bond donors (Lipinski definition) is 2. The second kappa shape index (κ2) is 7.22. The van der Waals surface area contributed by atoms with Crippen molar-refractivity contribution in [2.45, 2.75) is 51.9 Å². The number of anilines is 3. The van der Waals surface area contributed by atoms with Gasteiger partial charge in [0, 0.05) is 24.8 Å². The molecule has 0 amide bonds. The van der Waals surface area contributed by atoms with Gasteiger partial charge in [-0.25, -0.2) is 19.3 Å². The highest BCUT2D eigenvalue weighted by Gasteiger charge is 2.38. The Bertz CT molecular complexity index is 1030. The Labute approximate surface area is 168 Å². The molecule has 154 valence electrons. The van der Waals surface area contributed by atoms with Crippen LogP contribution in [0.2, 0.25) is 0 Å². The SMILES string of the molecule is Cc1nc2cnc(Nc3ccnc(N4CC[C@@](C)(O)[C@H](F)C4)n3)cc2n1C(C)C. The predicted molar refractivity (Wildman–Crippen MR) is 110 cm³/mol. The fourth-order valence-electron chi connectivity index (χ4n) is 3.72. The van der Waals surface area contributed by atoms with Gasteiger partial charge in [0.25, 0.3) is 0 Å². The van der Waals surface area contributed by atoms with E-state index in [0.29, 0.717) is 30.5 Å². The number of aryl methyl sites for hydroxylation is 1. The number of aliphatic hydroxyl groups is 1. The molecular weight excluding hydrogens is 373 g/mol. The molecule has 0 aliphatic carbocycles. The largest absolute Gasteiger partial charge is 0.387 e. The van der Waals surface area contributed by atoms with Crippen molar-refractivity contribution >= 4 is 28.6 Å². The van der Waals surface area contributed by atoms with E-state index in [-0.39, 0.29) is 12.6 Å². The molecule has 4 heterocycles. The van der Waals surface area contributed by atoms with Gasteiger partial charge in [-0.1, -0.05) is 0 Å². The molecular formula is C20H26FN7O. The molecule has 8 nitrogen and oxygen atoms in total. The highest BCUT2D eigenvalue weighted by atomic mass is 19.1. The summed E-state index contributed by atoms with van der Waals surface area (Å²) in [4.78, 5) is 19.5. The zero-order valence-corrected chi connectivity index (χ0v) is 17.1. The van der Waals surface area contributed by atoms with Crippen molar-refractivity contribution in [3.05, 3.63) is 30.4 Å². The molecule has 2 N–H and O–H groups in total. The number of imidazole rings is 1. The second-order valence-electron chi connectivity index (χ2n) is 8.07. The summed E-state index contributed by atoms with van der Waals surface area (Å²) in [5.74, 6) is 2.59. The Morgan fingerprint density at radius 3 is 2.79 bits per heavy atom. The van der Waals surface area contributed by atoms with E-state index in [1.54, 1.807) is 23.4 Å². The minimum atomic E-state index is -1.35. The lowest BCUT2D eigenvalue weighted by molar-refractivity contribution is -0.0332. The molecule has 3 aromatic heterocycles. The van der Waals surface area contributed by atoms with Crippen LogP contribution in [0.25, 0.3) is 11.0 Å². The van der Waals surface area contributed by atoms with Gasteiger partial charge in [0.15, 0.2) is 0 Å². The van der Waals surface area contributed by atoms with Gasteiger partial charge < -0.3 is 19.9 Å². The molecule has 2 atom stereocenters. The summed E-state index contributed by atoms with van der Waals surface area (Å²) in [5, 5.41) is 13.2. The normalized spacial score (nSPS) is 22.4. The minimum absolute atomic E-state index is 0.0630. The number of rotatable bonds is 4. The summed E-state index contributed by atoms with van der Waals surface area (Å²) >= 11 is 0. The fraction of sp³-hybridized carbons (Fsp3) is 0.500. The van der Waals surface area contributed by atoms with Gasteiger partial charge >= 0.3 is 0 Å². The van der Waals surface area contributed by atoms with E-state index in [2.05, 4.69) is 43.7 Å². The highest BCUT2D eigenvalue weighted by molar-refractivity contribution is 5.79. The quantitative estimate of drug-likeness (QED) is 0.696. The number of piperidine rings is 1. The van der Waals surface area contributed by atoms with Crippen LogP contribution in [0.4, 0.5) is 22.0 Å². The molecule has 0 bridgehead atoms. The Balaban J connectivity index is 1.58. The number of alkyl halides is 1. The number of nitrogens with one attached hydrogen (secondary N) is 1. The van der Waals surface area contributed by atoms with Gasteiger partial charge in [0.2, 0.25) is 5.95 Å². The van der Waals surface area contributed by atoms with Gasteiger partial charge in [0.1, 0.15) is 29.1 Å². The van der Waals surface area contributed by atoms with Crippen LogP contribution < -0.4 is 10.2 Å². The summed E-state index contributed by atoms with van der Waals surface area (Å²) in [7, 11) is 0. The summed E-state index contributed by atoms with van der Waals surface area (Å²) < 4.78 is 16.4.